The van der Waals surface area contributed by atoms with E-state index in [0.717, 1.165) is 18.4 Å². The van der Waals surface area contributed by atoms with Crippen LogP contribution in [-0.2, 0) is 11.3 Å². The van der Waals surface area contributed by atoms with Crippen molar-refractivity contribution in [3.8, 4) is 0 Å². The van der Waals surface area contributed by atoms with Crippen LogP contribution in [0.3, 0.4) is 0 Å². The highest BCUT2D eigenvalue weighted by molar-refractivity contribution is 5.94. The Hall–Kier alpha value is -1.88. The molecule has 22 heavy (non-hydrogen) atoms. The van der Waals surface area contributed by atoms with E-state index in [1.165, 1.54) is 0 Å². The second-order valence-corrected chi connectivity index (χ2v) is 5.94. The zero-order valence-electron chi connectivity index (χ0n) is 13.0. The maximum absolute atomic E-state index is 11.9. The highest BCUT2D eigenvalue weighted by Crippen LogP contribution is 2.32. The standard InChI is InChI=1S/C17H24N2O3/c1-2-18-16(21)14-7-5-13(6-8-14)12-19-15(20)11-17(22)9-3-4-10-17/h5-8,22H,2-4,9-12H2,1H3,(H,18,21)(H,19,20). The number of aliphatic hydroxyl groups is 1. The molecule has 0 aliphatic heterocycles. The van der Waals surface area contributed by atoms with Crippen molar-refractivity contribution in [2.75, 3.05) is 6.54 Å². The first-order chi connectivity index (χ1) is 10.5. The molecule has 2 amide bonds. The Kier molecular flexibility index (Phi) is 5.55. The minimum Gasteiger partial charge on any atom is -0.389 e. The quantitative estimate of drug-likeness (QED) is 0.749. The Morgan fingerprint density at radius 1 is 1.14 bits per heavy atom. The maximum atomic E-state index is 11.9. The molecule has 1 aliphatic rings. The van der Waals surface area contributed by atoms with Crippen molar-refractivity contribution >= 4 is 11.8 Å². The summed E-state index contributed by atoms with van der Waals surface area (Å²) >= 11 is 0. The molecule has 1 fully saturated rings. The number of rotatable bonds is 6. The summed E-state index contributed by atoms with van der Waals surface area (Å²) < 4.78 is 0. The lowest BCUT2D eigenvalue weighted by molar-refractivity contribution is -0.126. The SMILES string of the molecule is CCNC(=O)c1ccc(CNC(=O)CC2(O)CCCC2)cc1. The molecular weight excluding hydrogens is 280 g/mol. The van der Waals surface area contributed by atoms with E-state index in [0.29, 0.717) is 31.5 Å². The number of carbonyl (C=O) groups is 2. The third-order valence-corrected chi connectivity index (χ3v) is 4.07. The van der Waals surface area contributed by atoms with Crippen LogP contribution in [0.4, 0.5) is 0 Å². The molecule has 1 aromatic rings. The highest BCUT2D eigenvalue weighted by Gasteiger charge is 2.33. The Morgan fingerprint density at radius 3 is 2.36 bits per heavy atom. The Balaban J connectivity index is 1.81. The van der Waals surface area contributed by atoms with Crippen LogP contribution in [0, 0.1) is 0 Å². The van der Waals surface area contributed by atoms with Gasteiger partial charge in [0.05, 0.1) is 12.0 Å². The van der Waals surface area contributed by atoms with Gasteiger partial charge in [-0.25, -0.2) is 0 Å². The zero-order chi connectivity index (χ0) is 16.0. The van der Waals surface area contributed by atoms with Crippen LogP contribution in [0.2, 0.25) is 0 Å². The molecular formula is C17H24N2O3. The topological polar surface area (TPSA) is 78.4 Å². The van der Waals surface area contributed by atoms with Crippen molar-refractivity contribution in [2.45, 2.75) is 51.2 Å². The molecule has 0 atom stereocenters. The lowest BCUT2D eigenvalue weighted by Crippen LogP contribution is -2.34. The fraction of sp³-hybridized carbons (Fsp3) is 0.529. The van der Waals surface area contributed by atoms with E-state index in [4.69, 9.17) is 0 Å². The summed E-state index contributed by atoms with van der Waals surface area (Å²) in [5, 5.41) is 15.8. The summed E-state index contributed by atoms with van der Waals surface area (Å²) in [4.78, 5) is 23.5. The van der Waals surface area contributed by atoms with Gasteiger partial charge in [-0.1, -0.05) is 25.0 Å². The Bertz CT molecular complexity index is 519. The molecule has 2 rings (SSSR count). The molecule has 0 saturated heterocycles. The summed E-state index contributed by atoms with van der Waals surface area (Å²) in [6.07, 6.45) is 3.57. The predicted molar refractivity (Wildman–Crippen MR) is 84.3 cm³/mol. The Morgan fingerprint density at radius 2 is 1.77 bits per heavy atom. The average Bonchev–Trinajstić information content (AvgIpc) is 2.92. The molecule has 1 aliphatic carbocycles. The van der Waals surface area contributed by atoms with E-state index in [9.17, 15) is 14.7 Å². The molecule has 3 N–H and O–H groups in total. The van der Waals surface area contributed by atoms with Gasteiger partial charge >= 0.3 is 0 Å². The summed E-state index contributed by atoms with van der Waals surface area (Å²) in [5.74, 6) is -0.223. The molecule has 0 aromatic heterocycles. The number of carbonyl (C=O) groups excluding carboxylic acids is 2. The smallest absolute Gasteiger partial charge is 0.251 e. The second kappa shape index (κ2) is 7.40. The average molecular weight is 304 g/mol. The molecule has 0 heterocycles. The molecule has 1 saturated carbocycles. The second-order valence-electron chi connectivity index (χ2n) is 5.94. The fourth-order valence-electron chi connectivity index (χ4n) is 2.81. The van der Waals surface area contributed by atoms with Gasteiger partial charge in [-0.2, -0.15) is 0 Å². The van der Waals surface area contributed by atoms with Gasteiger partial charge in [0.1, 0.15) is 0 Å². The lowest BCUT2D eigenvalue weighted by Gasteiger charge is -2.21. The van der Waals surface area contributed by atoms with Gasteiger partial charge in [-0.05, 0) is 37.5 Å². The molecule has 5 heteroatoms. The summed E-state index contributed by atoms with van der Waals surface area (Å²) in [6.45, 7) is 2.88. The largest absolute Gasteiger partial charge is 0.389 e. The highest BCUT2D eigenvalue weighted by atomic mass is 16.3. The fourth-order valence-corrected chi connectivity index (χ4v) is 2.81. The number of nitrogens with one attached hydrogen (secondary N) is 2. The first kappa shape index (κ1) is 16.5. The maximum Gasteiger partial charge on any atom is 0.251 e. The van der Waals surface area contributed by atoms with Crippen molar-refractivity contribution in [3.63, 3.8) is 0 Å². The monoisotopic (exact) mass is 304 g/mol. The van der Waals surface area contributed by atoms with Gasteiger partial charge in [0.25, 0.3) is 5.91 Å². The summed E-state index contributed by atoms with van der Waals surface area (Å²) in [6, 6.07) is 7.15. The van der Waals surface area contributed by atoms with Crippen molar-refractivity contribution < 1.29 is 14.7 Å². The van der Waals surface area contributed by atoms with Crippen molar-refractivity contribution in [3.05, 3.63) is 35.4 Å². The van der Waals surface area contributed by atoms with Crippen LogP contribution in [0.25, 0.3) is 0 Å². The van der Waals surface area contributed by atoms with Crippen LogP contribution in [-0.4, -0.2) is 29.1 Å². The molecule has 0 radical (unpaired) electrons. The van der Waals surface area contributed by atoms with Crippen LogP contribution in [0.5, 0.6) is 0 Å². The van der Waals surface area contributed by atoms with Crippen molar-refractivity contribution in [1.29, 1.82) is 0 Å². The summed E-state index contributed by atoms with van der Waals surface area (Å²) in [7, 11) is 0. The minimum atomic E-state index is -0.813. The van der Waals surface area contributed by atoms with Crippen molar-refractivity contribution in [2.24, 2.45) is 0 Å². The first-order valence-electron chi connectivity index (χ1n) is 7.89. The molecule has 0 spiro atoms. The molecule has 120 valence electrons. The van der Waals surface area contributed by atoms with Gasteiger partial charge in [0.2, 0.25) is 5.91 Å². The minimum absolute atomic E-state index is 0.0958. The third-order valence-electron chi connectivity index (χ3n) is 4.07. The van der Waals surface area contributed by atoms with Crippen LogP contribution >= 0.6 is 0 Å². The van der Waals surface area contributed by atoms with Gasteiger partial charge in [-0.15, -0.1) is 0 Å². The third kappa shape index (κ3) is 4.56. The van der Waals surface area contributed by atoms with E-state index in [1.807, 2.05) is 19.1 Å². The molecule has 0 unspecified atom stereocenters. The molecule has 0 bridgehead atoms. The van der Waals surface area contributed by atoms with Crippen molar-refractivity contribution in [1.82, 2.24) is 10.6 Å². The van der Waals surface area contributed by atoms with E-state index in [-0.39, 0.29) is 18.2 Å². The number of hydrogen-bond acceptors (Lipinski definition) is 3. The van der Waals surface area contributed by atoms with E-state index >= 15 is 0 Å². The number of hydrogen-bond donors (Lipinski definition) is 3. The molecule has 5 nitrogen and oxygen atoms in total. The predicted octanol–water partition coefficient (Wildman–Crippen LogP) is 1.75. The van der Waals surface area contributed by atoms with E-state index < -0.39 is 5.60 Å². The van der Waals surface area contributed by atoms with Gasteiger partial charge in [0.15, 0.2) is 0 Å². The van der Waals surface area contributed by atoms with Gasteiger partial charge < -0.3 is 15.7 Å². The zero-order valence-corrected chi connectivity index (χ0v) is 13.0. The van der Waals surface area contributed by atoms with E-state index in [1.54, 1.807) is 12.1 Å². The lowest BCUT2D eigenvalue weighted by atomic mass is 9.97. The summed E-state index contributed by atoms with van der Waals surface area (Å²) in [5.41, 5.74) is 0.726. The van der Waals surface area contributed by atoms with Gasteiger partial charge in [0, 0.05) is 18.7 Å². The first-order valence-corrected chi connectivity index (χ1v) is 7.89. The van der Waals surface area contributed by atoms with Gasteiger partial charge in [-0.3, -0.25) is 9.59 Å². The normalized spacial score (nSPS) is 16.3. The van der Waals surface area contributed by atoms with Crippen LogP contribution < -0.4 is 10.6 Å². The van der Waals surface area contributed by atoms with E-state index in [2.05, 4.69) is 10.6 Å². The van der Waals surface area contributed by atoms with Crippen LogP contribution in [0.15, 0.2) is 24.3 Å². The van der Waals surface area contributed by atoms with Crippen LogP contribution in [0.1, 0.15) is 54.9 Å². The molecule has 1 aromatic carbocycles. The Labute approximate surface area is 131 Å². The number of amides is 2. The number of benzene rings is 1.